The topological polar surface area (TPSA) is 23.6 Å². The van der Waals surface area contributed by atoms with Crippen LogP contribution in [0.15, 0.2) is 0 Å². The number of likely N-dealkylation sites (N-methyl/N-ethyl adjacent to an activating group) is 2. The molecule has 0 saturated heterocycles. The Morgan fingerprint density at radius 1 is 1.31 bits per heavy atom. The van der Waals surface area contributed by atoms with Crippen LogP contribution in [-0.2, 0) is 4.79 Å². The Hall–Kier alpha value is -0.570. The van der Waals surface area contributed by atoms with E-state index in [0.29, 0.717) is 6.04 Å². The lowest BCUT2D eigenvalue weighted by molar-refractivity contribution is -0.127. The number of carbonyl (C=O) groups excluding carboxylic acids is 1. The fraction of sp³-hybridized carbons (Fsp3) is 0.900. The molecule has 1 unspecified atom stereocenters. The fourth-order valence-corrected chi connectivity index (χ4v) is 0.997. The van der Waals surface area contributed by atoms with E-state index >= 15 is 0 Å². The van der Waals surface area contributed by atoms with Crippen LogP contribution in [0.1, 0.15) is 27.2 Å². The summed E-state index contributed by atoms with van der Waals surface area (Å²) in [4.78, 5) is 14.9. The molecule has 0 N–H and O–H groups in total. The van der Waals surface area contributed by atoms with Gasteiger partial charge in [0.05, 0.1) is 0 Å². The summed E-state index contributed by atoms with van der Waals surface area (Å²) in [5.41, 5.74) is 0. The molecule has 0 saturated carbocycles. The van der Waals surface area contributed by atoms with Gasteiger partial charge in [-0.25, -0.2) is 0 Å². The third-order valence-electron chi connectivity index (χ3n) is 2.67. The van der Waals surface area contributed by atoms with E-state index < -0.39 is 0 Å². The van der Waals surface area contributed by atoms with Crippen LogP contribution >= 0.6 is 0 Å². The first-order valence-electron chi connectivity index (χ1n) is 4.91. The van der Waals surface area contributed by atoms with Crippen molar-refractivity contribution in [3.05, 3.63) is 0 Å². The summed E-state index contributed by atoms with van der Waals surface area (Å²) in [5.74, 6) is 0.137. The highest BCUT2D eigenvalue weighted by Crippen LogP contribution is 1.99. The highest BCUT2D eigenvalue weighted by molar-refractivity contribution is 5.72. The molecule has 0 aromatic carbocycles. The molecule has 1 atom stereocenters. The minimum Gasteiger partial charge on any atom is -0.345 e. The lowest BCUT2D eigenvalue weighted by Gasteiger charge is -2.25. The molecule has 0 bridgehead atoms. The van der Waals surface area contributed by atoms with Crippen LogP contribution in [0.4, 0.5) is 0 Å². The number of rotatable bonds is 5. The predicted molar refractivity (Wildman–Crippen MR) is 55.7 cm³/mol. The molecule has 0 fully saturated rings. The number of carbonyl (C=O) groups is 1. The van der Waals surface area contributed by atoms with Crippen LogP contribution in [0.5, 0.6) is 0 Å². The van der Waals surface area contributed by atoms with Crippen molar-refractivity contribution in [2.75, 3.05) is 27.2 Å². The summed E-state index contributed by atoms with van der Waals surface area (Å²) in [6.07, 6.45) is 1.15. The van der Waals surface area contributed by atoms with Gasteiger partial charge in [-0.3, -0.25) is 4.79 Å². The van der Waals surface area contributed by atoms with Gasteiger partial charge in [0.15, 0.2) is 0 Å². The molecule has 78 valence electrons. The van der Waals surface area contributed by atoms with Crippen molar-refractivity contribution in [2.24, 2.45) is 0 Å². The molecule has 0 rings (SSSR count). The van der Waals surface area contributed by atoms with Crippen molar-refractivity contribution in [3.63, 3.8) is 0 Å². The van der Waals surface area contributed by atoms with Gasteiger partial charge < -0.3 is 9.80 Å². The van der Waals surface area contributed by atoms with E-state index in [0.717, 1.165) is 19.5 Å². The van der Waals surface area contributed by atoms with E-state index in [1.165, 1.54) is 0 Å². The predicted octanol–water partition coefficient (Wildman–Crippen LogP) is 1.19. The molecule has 0 spiro atoms. The van der Waals surface area contributed by atoms with Gasteiger partial charge in [-0.1, -0.05) is 6.92 Å². The van der Waals surface area contributed by atoms with E-state index in [4.69, 9.17) is 0 Å². The van der Waals surface area contributed by atoms with Crippen molar-refractivity contribution >= 4 is 5.91 Å². The molecule has 0 aliphatic rings. The van der Waals surface area contributed by atoms with Crippen LogP contribution in [0.3, 0.4) is 0 Å². The zero-order valence-electron chi connectivity index (χ0n) is 9.50. The molecule has 0 radical (unpaired) electrons. The second-order valence-corrected chi connectivity index (χ2v) is 3.68. The largest absolute Gasteiger partial charge is 0.345 e. The van der Waals surface area contributed by atoms with Gasteiger partial charge in [0.1, 0.15) is 0 Å². The smallest absolute Gasteiger partial charge is 0.219 e. The highest BCUT2D eigenvalue weighted by Gasteiger charge is 2.08. The molecule has 3 heteroatoms. The van der Waals surface area contributed by atoms with Gasteiger partial charge in [-0.15, -0.1) is 0 Å². The first-order chi connectivity index (χ1) is 5.99. The highest BCUT2D eigenvalue weighted by atomic mass is 16.2. The Bertz CT molecular complexity index is 159. The lowest BCUT2D eigenvalue weighted by Crippen LogP contribution is -2.37. The second-order valence-electron chi connectivity index (χ2n) is 3.68. The van der Waals surface area contributed by atoms with Crippen LogP contribution < -0.4 is 0 Å². The molecule has 0 aliphatic carbocycles. The zero-order valence-corrected chi connectivity index (χ0v) is 9.50. The molecule has 0 aromatic rings. The normalized spacial score (nSPS) is 13.1. The van der Waals surface area contributed by atoms with Crippen molar-refractivity contribution in [3.8, 4) is 0 Å². The SMILES string of the molecule is CCC(C)N(C)CCN(C)C(C)=O. The van der Waals surface area contributed by atoms with Gasteiger partial charge >= 0.3 is 0 Å². The molecule has 1 amide bonds. The summed E-state index contributed by atoms with van der Waals surface area (Å²) in [6.45, 7) is 7.74. The summed E-state index contributed by atoms with van der Waals surface area (Å²) < 4.78 is 0. The Balaban J connectivity index is 3.69. The van der Waals surface area contributed by atoms with Gasteiger partial charge in [-0.2, -0.15) is 0 Å². The lowest BCUT2D eigenvalue weighted by atomic mass is 10.2. The van der Waals surface area contributed by atoms with E-state index in [-0.39, 0.29) is 5.91 Å². The number of amides is 1. The van der Waals surface area contributed by atoms with E-state index in [2.05, 4.69) is 25.8 Å². The first kappa shape index (κ1) is 12.4. The fourth-order valence-electron chi connectivity index (χ4n) is 0.997. The summed E-state index contributed by atoms with van der Waals surface area (Å²) in [7, 11) is 3.94. The quantitative estimate of drug-likeness (QED) is 0.644. The minimum atomic E-state index is 0.137. The van der Waals surface area contributed by atoms with Crippen molar-refractivity contribution in [2.45, 2.75) is 33.2 Å². The monoisotopic (exact) mass is 186 g/mol. The number of nitrogens with zero attached hydrogens (tertiary/aromatic N) is 2. The van der Waals surface area contributed by atoms with Crippen LogP contribution in [-0.4, -0.2) is 48.9 Å². The zero-order chi connectivity index (χ0) is 10.4. The summed E-state index contributed by atoms with van der Waals surface area (Å²) >= 11 is 0. The minimum absolute atomic E-state index is 0.137. The Morgan fingerprint density at radius 3 is 2.23 bits per heavy atom. The van der Waals surface area contributed by atoms with E-state index in [9.17, 15) is 4.79 Å². The molecular formula is C10H22N2O. The summed E-state index contributed by atoms with van der Waals surface area (Å²) in [5, 5.41) is 0. The van der Waals surface area contributed by atoms with Gasteiger partial charge in [0, 0.05) is 33.1 Å². The Kier molecular flexibility index (Phi) is 5.71. The van der Waals surface area contributed by atoms with Crippen LogP contribution in [0.2, 0.25) is 0 Å². The Labute approximate surface area is 81.7 Å². The number of hydrogen-bond donors (Lipinski definition) is 0. The van der Waals surface area contributed by atoms with Gasteiger partial charge in [-0.05, 0) is 20.4 Å². The standard InChI is InChI=1S/C10H22N2O/c1-6-9(2)11(4)7-8-12(5)10(3)13/h9H,6-8H2,1-5H3. The maximum atomic E-state index is 10.9. The molecular weight excluding hydrogens is 164 g/mol. The van der Waals surface area contributed by atoms with E-state index in [1.807, 2.05) is 7.05 Å². The first-order valence-corrected chi connectivity index (χ1v) is 4.91. The molecule has 0 aliphatic heterocycles. The van der Waals surface area contributed by atoms with Gasteiger partial charge in [0.25, 0.3) is 0 Å². The van der Waals surface area contributed by atoms with Crippen molar-refractivity contribution in [1.29, 1.82) is 0 Å². The van der Waals surface area contributed by atoms with Crippen molar-refractivity contribution < 1.29 is 4.79 Å². The maximum Gasteiger partial charge on any atom is 0.219 e. The molecule has 13 heavy (non-hydrogen) atoms. The average Bonchev–Trinajstić information content (AvgIpc) is 2.11. The van der Waals surface area contributed by atoms with E-state index in [1.54, 1.807) is 11.8 Å². The van der Waals surface area contributed by atoms with Crippen LogP contribution in [0, 0.1) is 0 Å². The van der Waals surface area contributed by atoms with Crippen molar-refractivity contribution in [1.82, 2.24) is 9.80 Å². The second kappa shape index (κ2) is 5.97. The Morgan fingerprint density at radius 2 is 1.85 bits per heavy atom. The third-order valence-corrected chi connectivity index (χ3v) is 2.67. The molecule has 0 heterocycles. The average molecular weight is 186 g/mol. The third kappa shape index (κ3) is 4.88. The number of hydrogen-bond acceptors (Lipinski definition) is 2. The molecule has 3 nitrogen and oxygen atoms in total. The molecule has 0 aromatic heterocycles. The van der Waals surface area contributed by atoms with Gasteiger partial charge in [0.2, 0.25) is 5.91 Å². The van der Waals surface area contributed by atoms with Crippen LogP contribution in [0.25, 0.3) is 0 Å². The maximum absolute atomic E-state index is 10.9. The summed E-state index contributed by atoms with van der Waals surface area (Å²) in [6, 6.07) is 0.598.